The molecule has 5 nitrogen and oxygen atoms in total. The molecule has 1 aromatic rings. The first-order chi connectivity index (χ1) is 8.61. The number of nitrogens with one attached hydrogen (secondary N) is 2. The molecule has 1 saturated carbocycles. The lowest BCUT2D eigenvalue weighted by atomic mass is 9.95. The number of benzene rings is 1. The van der Waals surface area contributed by atoms with Crippen molar-refractivity contribution in [3.63, 3.8) is 0 Å². The van der Waals surface area contributed by atoms with Crippen molar-refractivity contribution in [2.45, 2.75) is 19.3 Å². The zero-order valence-electron chi connectivity index (χ0n) is 10.3. The maximum absolute atomic E-state index is 11.7. The third kappa shape index (κ3) is 2.40. The molecule has 2 rings (SSSR count). The number of Topliss-reactive ketones (excluding diaryl/α,β-unsaturated/α-hetero) is 1. The van der Waals surface area contributed by atoms with Crippen molar-refractivity contribution in [2.75, 3.05) is 18.1 Å². The van der Waals surface area contributed by atoms with Crippen LogP contribution in [0.1, 0.15) is 19.3 Å². The molecular formula is C13H16N4O. The summed E-state index contributed by atoms with van der Waals surface area (Å²) in [5, 5.41) is 10.7. The molecule has 0 saturated heterocycles. The second-order valence-electron chi connectivity index (χ2n) is 4.24. The first-order valence-corrected chi connectivity index (χ1v) is 5.89. The van der Waals surface area contributed by atoms with Crippen LogP contribution in [0.15, 0.2) is 23.2 Å². The van der Waals surface area contributed by atoms with E-state index < -0.39 is 0 Å². The average molecular weight is 244 g/mol. The van der Waals surface area contributed by atoms with Crippen molar-refractivity contribution in [1.29, 1.82) is 5.41 Å². The molecule has 1 aromatic carbocycles. The second kappa shape index (κ2) is 5.00. The highest BCUT2D eigenvalue weighted by Gasteiger charge is 2.22. The molecule has 0 amide bonds. The van der Waals surface area contributed by atoms with E-state index in [-0.39, 0.29) is 11.5 Å². The quantitative estimate of drug-likeness (QED) is 0.696. The first kappa shape index (κ1) is 12.3. The number of aliphatic imine (C=N–C) groups is 1. The molecule has 0 heterocycles. The lowest BCUT2D eigenvalue weighted by Gasteiger charge is -2.13. The number of hydrogen-bond acceptors (Lipinski definition) is 5. The van der Waals surface area contributed by atoms with E-state index in [4.69, 9.17) is 11.1 Å². The Kier molecular flexibility index (Phi) is 3.41. The number of nitrogen functional groups attached to an aromatic ring is 1. The Labute approximate surface area is 106 Å². The van der Waals surface area contributed by atoms with Gasteiger partial charge in [-0.25, -0.2) is 4.99 Å². The minimum atomic E-state index is -0.0663. The van der Waals surface area contributed by atoms with E-state index in [0.29, 0.717) is 29.9 Å². The highest BCUT2D eigenvalue weighted by atomic mass is 16.1. The fraction of sp³-hybridized carbons (Fsp3) is 0.308. The zero-order valence-corrected chi connectivity index (χ0v) is 10.3. The van der Waals surface area contributed by atoms with E-state index in [0.717, 1.165) is 12.1 Å². The van der Waals surface area contributed by atoms with Crippen LogP contribution in [0, 0.1) is 5.41 Å². The molecule has 0 aliphatic heterocycles. The van der Waals surface area contributed by atoms with Gasteiger partial charge >= 0.3 is 0 Å². The number of carbonyl (C=O) groups excluding carboxylic acids is 1. The van der Waals surface area contributed by atoms with Gasteiger partial charge in [0.05, 0.1) is 17.1 Å². The molecule has 4 N–H and O–H groups in total. The summed E-state index contributed by atoms with van der Waals surface area (Å²) in [6, 6.07) is 5.35. The summed E-state index contributed by atoms with van der Waals surface area (Å²) in [6.45, 7) is 0. The highest BCUT2D eigenvalue weighted by molar-refractivity contribution is 6.67. The van der Waals surface area contributed by atoms with Gasteiger partial charge in [0.1, 0.15) is 5.71 Å². The third-order valence-corrected chi connectivity index (χ3v) is 2.93. The standard InChI is InChI=1S/C13H16N4O/c1-16-8-5-6-11(10(15)7-8)17-13-9(14)3-2-4-12(13)18/h5-7,14,16H,2-4,15H2,1H3. The molecule has 0 spiro atoms. The van der Waals surface area contributed by atoms with Gasteiger partial charge in [-0.15, -0.1) is 0 Å². The molecule has 0 bridgehead atoms. The Hall–Kier alpha value is -2.17. The summed E-state index contributed by atoms with van der Waals surface area (Å²) < 4.78 is 0. The van der Waals surface area contributed by atoms with Crippen LogP contribution in [-0.4, -0.2) is 24.3 Å². The Bertz CT molecular complexity index is 516. The Morgan fingerprint density at radius 3 is 2.78 bits per heavy atom. The molecule has 0 aromatic heterocycles. The van der Waals surface area contributed by atoms with Crippen LogP contribution in [0.4, 0.5) is 17.1 Å². The van der Waals surface area contributed by atoms with E-state index in [1.165, 1.54) is 0 Å². The maximum atomic E-state index is 11.7. The predicted molar refractivity (Wildman–Crippen MR) is 74.1 cm³/mol. The van der Waals surface area contributed by atoms with Crippen molar-refractivity contribution >= 4 is 34.3 Å². The van der Waals surface area contributed by atoms with Crippen LogP contribution in [-0.2, 0) is 4.79 Å². The minimum absolute atomic E-state index is 0.0663. The molecule has 18 heavy (non-hydrogen) atoms. The summed E-state index contributed by atoms with van der Waals surface area (Å²) in [5.41, 5.74) is 8.38. The van der Waals surface area contributed by atoms with Crippen molar-refractivity contribution in [3.8, 4) is 0 Å². The number of carbonyl (C=O) groups is 1. The van der Waals surface area contributed by atoms with Crippen LogP contribution in [0.25, 0.3) is 0 Å². The van der Waals surface area contributed by atoms with Gasteiger partial charge in [-0.1, -0.05) is 0 Å². The summed E-state index contributed by atoms with van der Waals surface area (Å²) in [5.74, 6) is -0.0663. The van der Waals surface area contributed by atoms with Crippen molar-refractivity contribution in [1.82, 2.24) is 0 Å². The molecule has 0 radical (unpaired) electrons. The predicted octanol–water partition coefficient (Wildman–Crippen LogP) is 2.16. The second-order valence-corrected chi connectivity index (χ2v) is 4.24. The minimum Gasteiger partial charge on any atom is -0.397 e. The molecule has 94 valence electrons. The van der Waals surface area contributed by atoms with E-state index in [1.54, 1.807) is 19.2 Å². The van der Waals surface area contributed by atoms with Gasteiger partial charge in [0, 0.05) is 19.2 Å². The van der Waals surface area contributed by atoms with Crippen molar-refractivity contribution in [3.05, 3.63) is 18.2 Å². The molecular weight excluding hydrogens is 228 g/mol. The molecule has 0 atom stereocenters. The topological polar surface area (TPSA) is 91.3 Å². The van der Waals surface area contributed by atoms with E-state index in [2.05, 4.69) is 10.3 Å². The number of rotatable bonds is 2. The summed E-state index contributed by atoms with van der Waals surface area (Å²) in [7, 11) is 1.81. The van der Waals surface area contributed by atoms with Crippen LogP contribution < -0.4 is 11.1 Å². The maximum Gasteiger partial charge on any atom is 0.183 e. The molecule has 1 aliphatic rings. The summed E-state index contributed by atoms with van der Waals surface area (Å²) in [6.07, 6.45) is 1.82. The van der Waals surface area contributed by atoms with Crippen LogP contribution in [0.3, 0.4) is 0 Å². The summed E-state index contributed by atoms with van der Waals surface area (Å²) in [4.78, 5) is 16.0. The number of ketones is 1. The Morgan fingerprint density at radius 1 is 1.39 bits per heavy atom. The van der Waals surface area contributed by atoms with Crippen LogP contribution in [0.5, 0.6) is 0 Å². The number of nitrogens with zero attached hydrogens (tertiary/aromatic N) is 1. The first-order valence-electron chi connectivity index (χ1n) is 5.89. The largest absolute Gasteiger partial charge is 0.397 e. The van der Waals surface area contributed by atoms with Crippen LogP contribution >= 0.6 is 0 Å². The van der Waals surface area contributed by atoms with Gasteiger partial charge in [-0.3, -0.25) is 4.79 Å². The van der Waals surface area contributed by atoms with Crippen molar-refractivity contribution in [2.24, 2.45) is 4.99 Å². The lowest BCUT2D eigenvalue weighted by molar-refractivity contribution is -0.113. The van der Waals surface area contributed by atoms with Gasteiger partial charge in [0.2, 0.25) is 0 Å². The molecule has 1 aliphatic carbocycles. The van der Waals surface area contributed by atoms with E-state index in [1.807, 2.05) is 6.07 Å². The van der Waals surface area contributed by atoms with Gasteiger partial charge in [-0.05, 0) is 31.0 Å². The van der Waals surface area contributed by atoms with E-state index >= 15 is 0 Å². The fourth-order valence-corrected chi connectivity index (χ4v) is 1.89. The number of anilines is 2. The molecule has 5 heteroatoms. The zero-order chi connectivity index (χ0) is 13.1. The van der Waals surface area contributed by atoms with Gasteiger partial charge in [0.25, 0.3) is 0 Å². The smallest absolute Gasteiger partial charge is 0.183 e. The van der Waals surface area contributed by atoms with Crippen LogP contribution in [0.2, 0.25) is 0 Å². The van der Waals surface area contributed by atoms with Gasteiger partial charge in [0.15, 0.2) is 5.78 Å². The fourth-order valence-electron chi connectivity index (χ4n) is 1.89. The number of hydrogen-bond donors (Lipinski definition) is 3. The van der Waals surface area contributed by atoms with E-state index in [9.17, 15) is 4.79 Å². The Balaban J connectivity index is 2.37. The third-order valence-electron chi connectivity index (χ3n) is 2.93. The Morgan fingerprint density at radius 2 is 2.17 bits per heavy atom. The number of nitrogens with two attached hydrogens (primary N) is 1. The average Bonchev–Trinajstić information content (AvgIpc) is 2.35. The lowest BCUT2D eigenvalue weighted by Crippen LogP contribution is -2.28. The van der Waals surface area contributed by atoms with Gasteiger partial charge in [-0.2, -0.15) is 0 Å². The molecule has 0 unspecified atom stereocenters. The SMILES string of the molecule is CNc1ccc(N=C2C(=N)CCCC2=O)c(N)c1. The highest BCUT2D eigenvalue weighted by Crippen LogP contribution is 2.26. The summed E-state index contributed by atoms with van der Waals surface area (Å²) >= 11 is 0. The molecule has 1 fully saturated rings. The van der Waals surface area contributed by atoms with Gasteiger partial charge < -0.3 is 16.5 Å². The van der Waals surface area contributed by atoms with Crippen molar-refractivity contribution < 1.29 is 4.79 Å². The monoisotopic (exact) mass is 244 g/mol. The normalized spacial score (nSPS) is 18.2.